The number of benzene rings is 1. The van der Waals surface area contributed by atoms with Gasteiger partial charge in [-0.3, -0.25) is 4.79 Å². The monoisotopic (exact) mass is 436 g/mol. The molecule has 1 aromatic carbocycles. The summed E-state index contributed by atoms with van der Waals surface area (Å²) in [5, 5.41) is 16.6. The van der Waals surface area contributed by atoms with Crippen LogP contribution in [0.5, 0.6) is 0 Å². The van der Waals surface area contributed by atoms with Gasteiger partial charge in [0.05, 0.1) is 12.6 Å². The van der Waals surface area contributed by atoms with Gasteiger partial charge in [-0.05, 0) is 30.9 Å². The molecule has 0 aliphatic carbocycles. The van der Waals surface area contributed by atoms with E-state index in [0.29, 0.717) is 12.1 Å². The van der Waals surface area contributed by atoms with Gasteiger partial charge in [-0.25, -0.2) is 13.2 Å². The van der Waals surface area contributed by atoms with Crippen molar-refractivity contribution in [2.24, 2.45) is 5.92 Å². The third-order valence-corrected chi connectivity index (χ3v) is 5.05. The highest BCUT2D eigenvalue weighted by molar-refractivity contribution is 5.76. The third-order valence-electron chi connectivity index (χ3n) is 5.05. The van der Waals surface area contributed by atoms with Crippen LogP contribution in [-0.4, -0.2) is 43.3 Å². The summed E-state index contributed by atoms with van der Waals surface area (Å²) in [6, 6.07) is 1.06. The van der Waals surface area contributed by atoms with Gasteiger partial charge >= 0.3 is 6.18 Å². The molecule has 1 aliphatic heterocycles. The molecule has 1 aromatic heterocycles. The minimum Gasteiger partial charge on any atom is -0.393 e. The lowest BCUT2D eigenvalue weighted by Gasteiger charge is -2.30. The number of halogens is 6. The molecule has 0 saturated carbocycles. The maximum absolute atomic E-state index is 13.9. The van der Waals surface area contributed by atoms with Crippen LogP contribution >= 0.6 is 0 Å². The molecule has 0 spiro atoms. The molecular weight excluding hydrogens is 418 g/mol. The number of alkyl halides is 3. The number of aliphatic hydroxyl groups excluding tert-OH is 1. The van der Waals surface area contributed by atoms with Gasteiger partial charge in [0.2, 0.25) is 11.7 Å². The maximum Gasteiger partial charge on any atom is 0.451 e. The van der Waals surface area contributed by atoms with Crippen molar-refractivity contribution in [1.82, 2.24) is 19.7 Å². The van der Waals surface area contributed by atoms with E-state index in [4.69, 9.17) is 0 Å². The smallest absolute Gasteiger partial charge is 0.393 e. The summed E-state index contributed by atoms with van der Waals surface area (Å²) in [4.78, 5) is 13.9. The second-order valence-corrected chi connectivity index (χ2v) is 7.17. The number of fused-ring (bicyclic) bond motifs is 1. The number of aliphatic hydroxyl groups is 1. The summed E-state index contributed by atoms with van der Waals surface area (Å²) in [5.74, 6) is -6.08. The largest absolute Gasteiger partial charge is 0.451 e. The van der Waals surface area contributed by atoms with Gasteiger partial charge in [0, 0.05) is 25.6 Å². The average Bonchev–Trinajstić information content (AvgIpc) is 3.08. The molecule has 1 amide bonds. The fourth-order valence-electron chi connectivity index (χ4n) is 3.35. The second-order valence-electron chi connectivity index (χ2n) is 7.17. The van der Waals surface area contributed by atoms with E-state index >= 15 is 0 Å². The van der Waals surface area contributed by atoms with Crippen molar-refractivity contribution in [3.8, 4) is 0 Å². The standard InChI is InChI=1S/C18H18F6N4O2/c1-9(29)10(4-11-5-13(20)14(21)7-12(11)19)6-16(30)27-2-3-28-15(8-27)25-26-17(28)18(22,23)24/h5,7,9-10,29H,2-4,6,8H2,1H3. The van der Waals surface area contributed by atoms with Crippen LogP contribution in [0.4, 0.5) is 26.3 Å². The SMILES string of the molecule is CC(O)C(CC(=O)N1CCn2c(nnc2C(F)(F)F)C1)Cc1cc(F)c(F)cc1F. The molecule has 2 aromatic rings. The van der Waals surface area contributed by atoms with Crippen molar-refractivity contribution >= 4 is 5.91 Å². The molecule has 2 atom stereocenters. The number of amides is 1. The molecule has 30 heavy (non-hydrogen) atoms. The van der Waals surface area contributed by atoms with Crippen LogP contribution in [0.25, 0.3) is 0 Å². The average molecular weight is 436 g/mol. The first-order valence-electron chi connectivity index (χ1n) is 9.06. The molecular formula is C18H18F6N4O2. The van der Waals surface area contributed by atoms with E-state index in [-0.39, 0.29) is 43.9 Å². The van der Waals surface area contributed by atoms with E-state index in [1.54, 1.807) is 0 Å². The number of aromatic nitrogens is 3. The maximum atomic E-state index is 13.9. The lowest BCUT2D eigenvalue weighted by molar-refractivity contribution is -0.148. The Bertz CT molecular complexity index is 943. The van der Waals surface area contributed by atoms with Crippen LogP contribution in [0.3, 0.4) is 0 Å². The Kier molecular flexibility index (Phi) is 6.06. The van der Waals surface area contributed by atoms with E-state index in [9.17, 15) is 36.2 Å². The van der Waals surface area contributed by atoms with Crippen molar-refractivity contribution in [1.29, 1.82) is 0 Å². The molecule has 0 fully saturated rings. The first kappa shape index (κ1) is 22.1. The molecule has 3 rings (SSSR count). The Morgan fingerprint density at radius 1 is 1.13 bits per heavy atom. The van der Waals surface area contributed by atoms with Gasteiger partial charge in [0.15, 0.2) is 17.5 Å². The molecule has 2 heterocycles. The molecule has 0 bridgehead atoms. The van der Waals surface area contributed by atoms with Gasteiger partial charge in [0.25, 0.3) is 0 Å². The van der Waals surface area contributed by atoms with Crippen LogP contribution in [0.15, 0.2) is 12.1 Å². The molecule has 0 radical (unpaired) electrons. The number of nitrogens with zero attached hydrogens (tertiary/aromatic N) is 4. The summed E-state index contributed by atoms with van der Waals surface area (Å²) in [6.45, 7) is 0.991. The van der Waals surface area contributed by atoms with Crippen molar-refractivity contribution < 1.29 is 36.2 Å². The van der Waals surface area contributed by atoms with E-state index in [1.807, 2.05) is 0 Å². The molecule has 12 heteroatoms. The molecule has 164 valence electrons. The Labute approximate surface area is 167 Å². The van der Waals surface area contributed by atoms with Crippen LogP contribution in [-0.2, 0) is 30.5 Å². The second kappa shape index (κ2) is 8.25. The Hall–Kier alpha value is -2.63. The minimum absolute atomic E-state index is 0.0258. The Morgan fingerprint density at radius 2 is 1.80 bits per heavy atom. The van der Waals surface area contributed by atoms with E-state index in [2.05, 4.69) is 10.2 Å². The van der Waals surface area contributed by atoms with Gasteiger partial charge < -0.3 is 14.6 Å². The third kappa shape index (κ3) is 4.58. The highest BCUT2D eigenvalue weighted by Crippen LogP contribution is 2.30. The lowest BCUT2D eigenvalue weighted by Crippen LogP contribution is -2.41. The molecule has 2 unspecified atom stereocenters. The summed E-state index contributed by atoms with van der Waals surface area (Å²) in [6.07, 6.45) is -6.24. The van der Waals surface area contributed by atoms with Crippen LogP contribution in [0, 0.1) is 23.4 Å². The van der Waals surface area contributed by atoms with E-state index < -0.39 is 47.4 Å². The van der Waals surface area contributed by atoms with Gasteiger partial charge in [-0.15, -0.1) is 10.2 Å². The molecule has 1 aliphatic rings. The number of carbonyl (C=O) groups is 1. The summed E-state index contributed by atoms with van der Waals surface area (Å²) in [7, 11) is 0. The highest BCUT2D eigenvalue weighted by Gasteiger charge is 2.40. The highest BCUT2D eigenvalue weighted by atomic mass is 19.4. The van der Waals surface area contributed by atoms with Gasteiger partial charge in [-0.2, -0.15) is 13.2 Å². The fourth-order valence-corrected chi connectivity index (χ4v) is 3.35. The van der Waals surface area contributed by atoms with E-state index in [0.717, 1.165) is 4.57 Å². The van der Waals surface area contributed by atoms with Crippen molar-refractivity contribution in [2.75, 3.05) is 6.54 Å². The first-order valence-corrected chi connectivity index (χ1v) is 9.06. The molecule has 1 N–H and O–H groups in total. The van der Waals surface area contributed by atoms with Gasteiger partial charge in [0.1, 0.15) is 5.82 Å². The van der Waals surface area contributed by atoms with Crippen LogP contribution < -0.4 is 0 Å². The zero-order valence-corrected chi connectivity index (χ0v) is 15.8. The minimum atomic E-state index is -4.66. The van der Waals surface area contributed by atoms with Crippen molar-refractivity contribution in [3.63, 3.8) is 0 Å². The summed E-state index contributed by atoms with van der Waals surface area (Å²) < 4.78 is 80.0. The first-order chi connectivity index (χ1) is 14.0. The zero-order valence-electron chi connectivity index (χ0n) is 15.8. The lowest BCUT2D eigenvalue weighted by atomic mass is 9.90. The fraction of sp³-hybridized carbons (Fsp3) is 0.500. The van der Waals surface area contributed by atoms with Crippen LogP contribution in [0.2, 0.25) is 0 Å². The van der Waals surface area contributed by atoms with Crippen LogP contribution in [0.1, 0.15) is 30.6 Å². The number of hydrogen-bond donors (Lipinski definition) is 1. The predicted molar refractivity (Wildman–Crippen MR) is 90.2 cm³/mol. The topological polar surface area (TPSA) is 71.2 Å². The van der Waals surface area contributed by atoms with Crippen molar-refractivity contribution in [3.05, 3.63) is 46.8 Å². The Morgan fingerprint density at radius 3 is 2.43 bits per heavy atom. The number of carbonyl (C=O) groups excluding carboxylic acids is 1. The van der Waals surface area contributed by atoms with E-state index in [1.165, 1.54) is 11.8 Å². The number of hydrogen-bond acceptors (Lipinski definition) is 4. The number of rotatable bonds is 5. The Balaban J connectivity index is 1.71. The summed E-state index contributed by atoms with van der Waals surface area (Å²) in [5.41, 5.74) is -0.194. The molecule has 6 nitrogen and oxygen atoms in total. The normalized spacial score (nSPS) is 16.3. The molecule has 0 saturated heterocycles. The van der Waals surface area contributed by atoms with Crippen molar-refractivity contribution in [2.45, 2.75) is 45.1 Å². The quantitative estimate of drug-likeness (QED) is 0.578. The zero-order chi connectivity index (χ0) is 22.2. The predicted octanol–water partition coefficient (Wildman–Crippen LogP) is 2.69. The summed E-state index contributed by atoms with van der Waals surface area (Å²) >= 11 is 0. The van der Waals surface area contributed by atoms with Gasteiger partial charge in [-0.1, -0.05) is 0 Å².